The maximum atomic E-state index is 11.6. The van der Waals surface area contributed by atoms with Gasteiger partial charge in [-0.3, -0.25) is 4.79 Å². The van der Waals surface area contributed by atoms with Crippen LogP contribution in [0.1, 0.15) is 37.9 Å². The Morgan fingerprint density at radius 3 is 2.94 bits per heavy atom. The van der Waals surface area contributed by atoms with E-state index >= 15 is 0 Å². The van der Waals surface area contributed by atoms with Crippen molar-refractivity contribution < 1.29 is 9.90 Å². The summed E-state index contributed by atoms with van der Waals surface area (Å²) in [5.41, 5.74) is 1.59. The Kier molecular flexibility index (Phi) is 3.25. The van der Waals surface area contributed by atoms with Gasteiger partial charge in [0.25, 0.3) is 0 Å². The molecule has 1 saturated carbocycles. The van der Waals surface area contributed by atoms with Crippen LogP contribution < -0.4 is 5.32 Å². The van der Waals surface area contributed by atoms with Gasteiger partial charge < -0.3 is 10.4 Å². The summed E-state index contributed by atoms with van der Waals surface area (Å²) in [5.74, 6) is 0.671. The molecule has 1 unspecified atom stereocenters. The van der Waals surface area contributed by atoms with Crippen molar-refractivity contribution in [2.75, 3.05) is 5.32 Å². The SMILES string of the molecule is CC(O)c1cccc(NC(=O)CC2CC2)c1. The lowest BCUT2D eigenvalue weighted by Gasteiger charge is -2.08. The average Bonchev–Trinajstić information content (AvgIpc) is 3.01. The van der Waals surface area contributed by atoms with Gasteiger partial charge in [0.1, 0.15) is 0 Å². The van der Waals surface area contributed by atoms with Gasteiger partial charge in [-0.25, -0.2) is 0 Å². The molecule has 16 heavy (non-hydrogen) atoms. The van der Waals surface area contributed by atoms with Crippen LogP contribution in [-0.4, -0.2) is 11.0 Å². The quantitative estimate of drug-likeness (QED) is 0.817. The van der Waals surface area contributed by atoms with Gasteiger partial charge in [-0.05, 0) is 43.4 Å². The molecule has 1 aromatic carbocycles. The van der Waals surface area contributed by atoms with Gasteiger partial charge in [0.05, 0.1) is 6.10 Å². The van der Waals surface area contributed by atoms with Crippen LogP contribution in [0, 0.1) is 5.92 Å². The molecule has 86 valence electrons. The molecule has 0 heterocycles. The first-order valence-electron chi connectivity index (χ1n) is 5.73. The minimum atomic E-state index is -0.500. The average molecular weight is 219 g/mol. The number of amides is 1. The van der Waals surface area contributed by atoms with Crippen LogP contribution >= 0.6 is 0 Å². The molecule has 0 radical (unpaired) electrons. The number of benzene rings is 1. The Bertz CT molecular complexity index is 383. The summed E-state index contributed by atoms with van der Waals surface area (Å²) >= 11 is 0. The predicted molar refractivity (Wildman–Crippen MR) is 63.0 cm³/mol. The standard InChI is InChI=1S/C13H17NO2/c1-9(15)11-3-2-4-12(8-11)14-13(16)7-10-5-6-10/h2-4,8-10,15H,5-7H2,1H3,(H,14,16). The van der Waals surface area contributed by atoms with Crippen LogP contribution in [0.5, 0.6) is 0 Å². The first kappa shape index (κ1) is 11.1. The molecule has 1 atom stereocenters. The number of anilines is 1. The zero-order chi connectivity index (χ0) is 11.5. The van der Waals surface area contributed by atoms with E-state index in [1.165, 1.54) is 12.8 Å². The van der Waals surface area contributed by atoms with E-state index in [9.17, 15) is 9.90 Å². The minimum absolute atomic E-state index is 0.0743. The third kappa shape index (κ3) is 3.07. The van der Waals surface area contributed by atoms with E-state index in [2.05, 4.69) is 5.32 Å². The molecule has 1 aliphatic rings. The molecule has 0 spiro atoms. The van der Waals surface area contributed by atoms with Gasteiger partial charge in [0.2, 0.25) is 5.91 Å². The molecule has 2 rings (SSSR count). The summed E-state index contributed by atoms with van der Waals surface area (Å²) in [4.78, 5) is 11.6. The maximum Gasteiger partial charge on any atom is 0.224 e. The lowest BCUT2D eigenvalue weighted by molar-refractivity contribution is -0.116. The molecule has 0 bridgehead atoms. The maximum absolute atomic E-state index is 11.6. The fourth-order valence-electron chi connectivity index (χ4n) is 1.67. The molecule has 3 nitrogen and oxygen atoms in total. The fraction of sp³-hybridized carbons (Fsp3) is 0.462. The van der Waals surface area contributed by atoms with Crippen molar-refractivity contribution in [3.8, 4) is 0 Å². The van der Waals surface area contributed by atoms with E-state index < -0.39 is 6.10 Å². The highest BCUT2D eigenvalue weighted by Crippen LogP contribution is 2.32. The summed E-state index contributed by atoms with van der Waals surface area (Å²) < 4.78 is 0. The number of rotatable bonds is 4. The van der Waals surface area contributed by atoms with Crippen molar-refractivity contribution in [2.45, 2.75) is 32.3 Å². The van der Waals surface area contributed by atoms with Gasteiger partial charge in [0, 0.05) is 12.1 Å². The fourth-order valence-corrected chi connectivity index (χ4v) is 1.67. The summed E-state index contributed by atoms with van der Waals surface area (Å²) in [7, 11) is 0. The summed E-state index contributed by atoms with van der Waals surface area (Å²) in [6, 6.07) is 7.35. The second kappa shape index (κ2) is 4.66. The second-order valence-electron chi connectivity index (χ2n) is 4.50. The smallest absolute Gasteiger partial charge is 0.224 e. The van der Waals surface area contributed by atoms with Gasteiger partial charge in [-0.2, -0.15) is 0 Å². The number of carbonyl (C=O) groups is 1. The normalized spacial score (nSPS) is 16.9. The first-order chi connectivity index (χ1) is 7.65. The zero-order valence-electron chi connectivity index (χ0n) is 9.44. The third-order valence-electron chi connectivity index (χ3n) is 2.82. The molecule has 1 amide bonds. The Morgan fingerprint density at radius 1 is 1.56 bits per heavy atom. The first-order valence-corrected chi connectivity index (χ1v) is 5.73. The Hall–Kier alpha value is -1.35. The molecular formula is C13H17NO2. The van der Waals surface area contributed by atoms with Crippen LogP contribution in [0.15, 0.2) is 24.3 Å². The lowest BCUT2D eigenvalue weighted by atomic mass is 10.1. The van der Waals surface area contributed by atoms with Gasteiger partial charge in [-0.15, -0.1) is 0 Å². The summed E-state index contributed by atoms with van der Waals surface area (Å²) in [6.07, 6.45) is 2.49. The van der Waals surface area contributed by atoms with E-state index in [1.807, 2.05) is 24.3 Å². The highest BCUT2D eigenvalue weighted by Gasteiger charge is 2.24. The molecule has 2 N–H and O–H groups in total. The lowest BCUT2D eigenvalue weighted by Crippen LogP contribution is -2.12. The molecule has 1 fully saturated rings. The van der Waals surface area contributed by atoms with E-state index in [4.69, 9.17) is 0 Å². The number of carbonyl (C=O) groups excluding carboxylic acids is 1. The van der Waals surface area contributed by atoms with Crippen molar-refractivity contribution in [2.24, 2.45) is 5.92 Å². The van der Waals surface area contributed by atoms with E-state index in [0.29, 0.717) is 12.3 Å². The predicted octanol–water partition coefficient (Wildman–Crippen LogP) is 2.48. The number of aliphatic hydroxyl groups excluding tert-OH is 1. The van der Waals surface area contributed by atoms with Gasteiger partial charge >= 0.3 is 0 Å². The highest BCUT2D eigenvalue weighted by atomic mass is 16.3. The summed E-state index contributed by atoms with van der Waals surface area (Å²) in [6.45, 7) is 1.71. The Balaban J connectivity index is 1.97. The minimum Gasteiger partial charge on any atom is -0.389 e. The van der Waals surface area contributed by atoms with Crippen molar-refractivity contribution in [1.82, 2.24) is 0 Å². The van der Waals surface area contributed by atoms with Crippen LogP contribution in [0.25, 0.3) is 0 Å². The largest absolute Gasteiger partial charge is 0.389 e. The monoisotopic (exact) mass is 219 g/mol. The van der Waals surface area contributed by atoms with Crippen LogP contribution in [0.4, 0.5) is 5.69 Å². The Morgan fingerprint density at radius 2 is 2.31 bits per heavy atom. The van der Waals surface area contributed by atoms with Crippen LogP contribution in [-0.2, 0) is 4.79 Å². The van der Waals surface area contributed by atoms with Crippen molar-refractivity contribution in [3.63, 3.8) is 0 Å². The van der Waals surface area contributed by atoms with E-state index in [0.717, 1.165) is 11.3 Å². The number of hydrogen-bond donors (Lipinski definition) is 2. The number of nitrogens with one attached hydrogen (secondary N) is 1. The van der Waals surface area contributed by atoms with Gasteiger partial charge in [0.15, 0.2) is 0 Å². The number of aliphatic hydroxyl groups is 1. The highest BCUT2D eigenvalue weighted by molar-refractivity contribution is 5.91. The number of hydrogen-bond acceptors (Lipinski definition) is 2. The summed E-state index contributed by atoms with van der Waals surface area (Å²) in [5, 5.41) is 12.3. The Labute approximate surface area is 95.5 Å². The third-order valence-corrected chi connectivity index (χ3v) is 2.82. The molecule has 0 aliphatic heterocycles. The van der Waals surface area contributed by atoms with Crippen molar-refractivity contribution >= 4 is 11.6 Å². The second-order valence-corrected chi connectivity index (χ2v) is 4.50. The van der Waals surface area contributed by atoms with Crippen LogP contribution in [0.3, 0.4) is 0 Å². The van der Waals surface area contributed by atoms with E-state index in [-0.39, 0.29) is 5.91 Å². The molecule has 0 aromatic heterocycles. The van der Waals surface area contributed by atoms with E-state index in [1.54, 1.807) is 6.92 Å². The topological polar surface area (TPSA) is 49.3 Å². The molecule has 1 aromatic rings. The molecule has 3 heteroatoms. The molecule has 0 saturated heterocycles. The zero-order valence-corrected chi connectivity index (χ0v) is 9.44. The molecular weight excluding hydrogens is 202 g/mol. The van der Waals surface area contributed by atoms with Gasteiger partial charge in [-0.1, -0.05) is 12.1 Å². The molecule has 1 aliphatic carbocycles. The van der Waals surface area contributed by atoms with Crippen molar-refractivity contribution in [3.05, 3.63) is 29.8 Å². The van der Waals surface area contributed by atoms with Crippen LogP contribution in [0.2, 0.25) is 0 Å². The van der Waals surface area contributed by atoms with Crippen molar-refractivity contribution in [1.29, 1.82) is 0 Å².